The van der Waals surface area contributed by atoms with E-state index < -0.39 is 0 Å². The molecule has 0 fully saturated rings. The fourth-order valence-corrected chi connectivity index (χ4v) is 2.33. The average molecular weight is 291 g/mol. The van der Waals surface area contributed by atoms with Gasteiger partial charge in [-0.05, 0) is 31.5 Å². The lowest BCUT2D eigenvalue weighted by Gasteiger charge is -2.17. The van der Waals surface area contributed by atoms with Crippen LogP contribution in [0.2, 0.25) is 0 Å². The van der Waals surface area contributed by atoms with Gasteiger partial charge >= 0.3 is 0 Å². The molecule has 0 aliphatic carbocycles. The molecule has 0 bridgehead atoms. The minimum atomic E-state index is -0.0642. The third-order valence-corrected chi connectivity index (χ3v) is 3.30. The molecule has 3 heteroatoms. The van der Waals surface area contributed by atoms with Gasteiger partial charge < -0.3 is 4.74 Å². The van der Waals surface area contributed by atoms with E-state index in [0.29, 0.717) is 16.7 Å². The Kier molecular flexibility index (Phi) is 3.88. The van der Waals surface area contributed by atoms with Crippen LogP contribution in [0, 0.1) is 0 Å². The summed E-state index contributed by atoms with van der Waals surface area (Å²) in [5.41, 5.74) is 2.17. The van der Waals surface area contributed by atoms with E-state index in [0.717, 1.165) is 11.3 Å². The Bertz CT molecular complexity index is 842. The highest BCUT2D eigenvalue weighted by molar-refractivity contribution is 5.74. The van der Waals surface area contributed by atoms with E-state index >= 15 is 0 Å². The molecule has 0 heterocycles. The van der Waals surface area contributed by atoms with Crippen molar-refractivity contribution in [3.05, 3.63) is 76.2 Å². The number of nitrogens with zero attached hydrogens (tertiary/aromatic N) is 1. The Hall–Kier alpha value is -2.68. The molecule has 0 saturated heterocycles. The van der Waals surface area contributed by atoms with Crippen molar-refractivity contribution < 1.29 is 4.74 Å². The molecule has 110 valence electrons. The molecule has 0 aliphatic rings. The summed E-state index contributed by atoms with van der Waals surface area (Å²) in [6.07, 6.45) is -0.0113. The average Bonchev–Trinajstić information content (AvgIpc) is 2.54. The molecule has 3 aromatic rings. The zero-order chi connectivity index (χ0) is 15.5. The first kappa shape index (κ1) is 14.3. The number of ether oxygens (including phenoxy) is 1. The van der Waals surface area contributed by atoms with Crippen LogP contribution in [0.25, 0.3) is 11.1 Å². The highest BCUT2D eigenvalue weighted by Gasteiger charge is 2.23. The van der Waals surface area contributed by atoms with Crippen LogP contribution in [0.3, 0.4) is 0 Å². The van der Waals surface area contributed by atoms with Crippen molar-refractivity contribution >= 4 is 5.69 Å². The monoisotopic (exact) mass is 291 g/mol. The van der Waals surface area contributed by atoms with Gasteiger partial charge in [0.2, 0.25) is 5.43 Å². The van der Waals surface area contributed by atoms with Crippen LogP contribution in [-0.2, 0) is 0 Å². The van der Waals surface area contributed by atoms with Crippen LogP contribution in [0.5, 0.6) is 5.75 Å². The maximum atomic E-state index is 12.5. The van der Waals surface area contributed by atoms with E-state index in [1.165, 1.54) is 0 Å². The molecule has 22 heavy (non-hydrogen) atoms. The van der Waals surface area contributed by atoms with Crippen LogP contribution < -0.4 is 15.5 Å². The van der Waals surface area contributed by atoms with Gasteiger partial charge in [-0.15, -0.1) is 0 Å². The summed E-state index contributed by atoms with van der Waals surface area (Å²) in [5, 5.41) is 0.402. The summed E-state index contributed by atoms with van der Waals surface area (Å²) in [5.74, 6) is 0.593. The van der Waals surface area contributed by atoms with Crippen LogP contribution in [0.15, 0.2) is 70.5 Å². The largest absolute Gasteiger partial charge is 0.488 e. The Morgan fingerprint density at radius 1 is 0.909 bits per heavy atom. The predicted octanol–water partition coefficient (Wildman–Crippen LogP) is 3.61. The first-order chi connectivity index (χ1) is 10.7. The van der Waals surface area contributed by atoms with Crippen molar-refractivity contribution in [3.63, 3.8) is 0 Å². The highest BCUT2D eigenvalue weighted by Crippen LogP contribution is 2.26. The standard InChI is InChI=1S/C19H17NO2/c1-13(2)22-19-16(14-9-5-3-6-10-14)18(21)17(19)20-15-11-7-4-8-12-15/h3-13H,1-2H3. The SMILES string of the molecule is CC(C)Oc1c(-c2ccccc2)c(=O)c1=Nc1ccccc1. The molecule has 3 aromatic carbocycles. The topological polar surface area (TPSA) is 38.7 Å². The van der Waals surface area contributed by atoms with E-state index in [1.54, 1.807) is 0 Å². The molecule has 0 saturated carbocycles. The number of rotatable bonds is 4. The second kappa shape index (κ2) is 5.98. The molecule has 0 N–H and O–H groups in total. The first-order valence-electron chi connectivity index (χ1n) is 7.32. The Labute approximate surface area is 129 Å². The van der Waals surface area contributed by atoms with Gasteiger partial charge in [-0.2, -0.15) is 0 Å². The summed E-state index contributed by atoms with van der Waals surface area (Å²) in [6.45, 7) is 3.89. The lowest BCUT2D eigenvalue weighted by molar-refractivity contribution is 0.237. The van der Waals surface area contributed by atoms with Gasteiger partial charge in [0.05, 0.1) is 17.4 Å². The number of para-hydroxylation sites is 1. The summed E-state index contributed by atoms with van der Waals surface area (Å²) in [6, 6.07) is 19.0. The van der Waals surface area contributed by atoms with Gasteiger partial charge in [-0.25, -0.2) is 4.99 Å². The molecule has 0 radical (unpaired) electrons. The summed E-state index contributed by atoms with van der Waals surface area (Å²) in [4.78, 5) is 16.9. The van der Waals surface area contributed by atoms with E-state index in [1.807, 2.05) is 74.5 Å². The summed E-state index contributed by atoms with van der Waals surface area (Å²) < 4.78 is 5.84. The molecule has 3 rings (SSSR count). The third kappa shape index (κ3) is 2.70. The fourth-order valence-electron chi connectivity index (χ4n) is 2.33. The van der Waals surface area contributed by atoms with Crippen molar-refractivity contribution in [2.45, 2.75) is 20.0 Å². The minimum absolute atomic E-state index is 0.0113. The van der Waals surface area contributed by atoms with Crippen molar-refractivity contribution in [2.24, 2.45) is 4.99 Å². The number of benzene rings is 2. The van der Waals surface area contributed by atoms with Gasteiger partial charge in [0.25, 0.3) is 0 Å². The Morgan fingerprint density at radius 2 is 1.50 bits per heavy atom. The van der Waals surface area contributed by atoms with Crippen LogP contribution in [0.1, 0.15) is 13.8 Å². The minimum Gasteiger partial charge on any atom is -0.488 e. The maximum Gasteiger partial charge on any atom is 0.219 e. The molecule has 0 unspecified atom stereocenters. The van der Waals surface area contributed by atoms with Gasteiger partial charge in [-0.3, -0.25) is 4.79 Å². The van der Waals surface area contributed by atoms with E-state index in [4.69, 9.17) is 4.74 Å². The molecular formula is C19H17NO2. The molecule has 0 atom stereocenters. The van der Waals surface area contributed by atoms with Crippen LogP contribution >= 0.6 is 0 Å². The summed E-state index contributed by atoms with van der Waals surface area (Å²) >= 11 is 0. The smallest absolute Gasteiger partial charge is 0.219 e. The van der Waals surface area contributed by atoms with Crippen molar-refractivity contribution in [2.75, 3.05) is 0 Å². The normalized spacial score (nSPS) is 12.0. The van der Waals surface area contributed by atoms with Gasteiger partial charge in [0.1, 0.15) is 0 Å². The van der Waals surface area contributed by atoms with E-state index in [2.05, 4.69) is 4.99 Å². The Morgan fingerprint density at radius 3 is 2.09 bits per heavy atom. The third-order valence-electron chi connectivity index (χ3n) is 3.30. The zero-order valence-corrected chi connectivity index (χ0v) is 12.6. The van der Waals surface area contributed by atoms with Crippen LogP contribution in [-0.4, -0.2) is 6.10 Å². The van der Waals surface area contributed by atoms with Crippen molar-refractivity contribution in [1.29, 1.82) is 0 Å². The summed E-state index contributed by atoms with van der Waals surface area (Å²) in [7, 11) is 0. The zero-order valence-electron chi connectivity index (χ0n) is 12.6. The second-order valence-corrected chi connectivity index (χ2v) is 5.36. The Balaban J connectivity index is 2.13. The lowest BCUT2D eigenvalue weighted by Crippen LogP contribution is -2.36. The van der Waals surface area contributed by atoms with Gasteiger partial charge in [0.15, 0.2) is 11.1 Å². The number of hydrogen-bond donors (Lipinski definition) is 0. The molecule has 0 aromatic heterocycles. The predicted molar refractivity (Wildman–Crippen MR) is 87.9 cm³/mol. The lowest BCUT2D eigenvalue weighted by atomic mass is 9.99. The highest BCUT2D eigenvalue weighted by atomic mass is 16.5. The van der Waals surface area contributed by atoms with Gasteiger partial charge in [-0.1, -0.05) is 48.5 Å². The van der Waals surface area contributed by atoms with Crippen LogP contribution in [0.4, 0.5) is 5.69 Å². The number of hydrogen-bond acceptors (Lipinski definition) is 3. The quantitative estimate of drug-likeness (QED) is 0.736. The molecule has 3 nitrogen and oxygen atoms in total. The van der Waals surface area contributed by atoms with Crippen molar-refractivity contribution in [3.8, 4) is 16.9 Å². The second-order valence-electron chi connectivity index (χ2n) is 5.36. The van der Waals surface area contributed by atoms with Crippen molar-refractivity contribution in [1.82, 2.24) is 0 Å². The fraction of sp³-hybridized carbons (Fsp3) is 0.158. The molecular weight excluding hydrogens is 274 g/mol. The molecule has 0 amide bonds. The molecule has 0 aliphatic heterocycles. The molecule has 0 spiro atoms. The van der Waals surface area contributed by atoms with Gasteiger partial charge in [0, 0.05) is 0 Å². The maximum absolute atomic E-state index is 12.5. The van der Waals surface area contributed by atoms with E-state index in [9.17, 15) is 4.79 Å². The first-order valence-corrected chi connectivity index (χ1v) is 7.32. The van der Waals surface area contributed by atoms with E-state index in [-0.39, 0.29) is 11.5 Å².